The van der Waals surface area contributed by atoms with Gasteiger partial charge in [0.2, 0.25) is 5.91 Å². The van der Waals surface area contributed by atoms with Crippen molar-refractivity contribution in [2.24, 2.45) is 5.73 Å². The number of anilines is 1. The van der Waals surface area contributed by atoms with Crippen LogP contribution < -0.4 is 15.8 Å². The number of hydrogen-bond donors (Lipinski definition) is 2. The largest absolute Gasteiger partial charge is 0.492 e. The van der Waals surface area contributed by atoms with E-state index in [9.17, 15) is 4.79 Å². The summed E-state index contributed by atoms with van der Waals surface area (Å²) in [5.41, 5.74) is 6.35. The van der Waals surface area contributed by atoms with Crippen LogP contribution in [0.1, 0.15) is 26.7 Å². The number of nitrogens with two attached hydrogens (primary N) is 1. The van der Waals surface area contributed by atoms with E-state index >= 15 is 0 Å². The Labute approximate surface area is 112 Å². The zero-order valence-electron chi connectivity index (χ0n) is 10.7. The molecular weight excluding hydrogens is 252 g/mol. The second kappa shape index (κ2) is 7.24. The molecule has 0 radical (unpaired) electrons. The molecule has 18 heavy (non-hydrogen) atoms. The highest BCUT2D eigenvalue weighted by molar-refractivity contribution is 6.30. The van der Waals surface area contributed by atoms with Crippen LogP contribution in [0.3, 0.4) is 0 Å². The minimum Gasteiger partial charge on any atom is -0.492 e. The molecule has 0 spiro atoms. The topological polar surface area (TPSA) is 64.4 Å². The maximum Gasteiger partial charge on any atom is 0.241 e. The molecule has 0 saturated heterocycles. The van der Waals surface area contributed by atoms with Gasteiger partial charge in [-0.2, -0.15) is 0 Å². The summed E-state index contributed by atoms with van der Waals surface area (Å²) in [5.74, 6) is 0.349. The van der Waals surface area contributed by atoms with Crippen LogP contribution in [0, 0.1) is 0 Å². The molecule has 100 valence electrons. The van der Waals surface area contributed by atoms with E-state index in [0.29, 0.717) is 29.5 Å². The Morgan fingerprint density at radius 2 is 2.22 bits per heavy atom. The van der Waals surface area contributed by atoms with Crippen molar-refractivity contribution < 1.29 is 9.53 Å². The number of carbonyl (C=O) groups excluding carboxylic acids is 1. The quantitative estimate of drug-likeness (QED) is 0.835. The number of rotatable bonds is 6. The highest BCUT2D eigenvalue weighted by Crippen LogP contribution is 2.28. The summed E-state index contributed by atoms with van der Waals surface area (Å²) in [6, 6.07) is 4.58. The lowest BCUT2D eigenvalue weighted by Gasteiger charge is -2.14. The normalized spacial score (nSPS) is 12.0. The van der Waals surface area contributed by atoms with Crippen LogP contribution >= 0.6 is 11.6 Å². The second-order valence-electron chi connectivity index (χ2n) is 3.96. The number of benzene rings is 1. The first-order valence-corrected chi connectivity index (χ1v) is 6.45. The summed E-state index contributed by atoms with van der Waals surface area (Å²) in [4.78, 5) is 11.8. The van der Waals surface area contributed by atoms with Crippen LogP contribution in [0.5, 0.6) is 5.75 Å². The number of nitrogens with one attached hydrogen (secondary N) is 1. The minimum atomic E-state index is -0.500. The Kier molecular flexibility index (Phi) is 5.95. The van der Waals surface area contributed by atoms with Gasteiger partial charge in [0, 0.05) is 11.1 Å². The standard InChI is InChI=1S/C13H19ClN2O2/c1-3-5-10(15)13(17)16-11-7-6-9(14)8-12(11)18-4-2/h6-8,10H,3-5,15H2,1-2H3,(H,16,17). The van der Waals surface area contributed by atoms with Crippen LogP contribution in [0.4, 0.5) is 5.69 Å². The lowest BCUT2D eigenvalue weighted by Crippen LogP contribution is -2.35. The highest BCUT2D eigenvalue weighted by Gasteiger charge is 2.14. The molecule has 0 bridgehead atoms. The third kappa shape index (κ3) is 4.20. The third-order valence-corrected chi connectivity index (χ3v) is 2.67. The zero-order chi connectivity index (χ0) is 13.5. The van der Waals surface area contributed by atoms with Crippen molar-refractivity contribution in [1.82, 2.24) is 0 Å². The van der Waals surface area contributed by atoms with Gasteiger partial charge in [0.05, 0.1) is 18.3 Å². The molecular formula is C13H19ClN2O2. The monoisotopic (exact) mass is 270 g/mol. The van der Waals surface area contributed by atoms with Crippen LogP contribution in [0.2, 0.25) is 5.02 Å². The molecule has 0 fully saturated rings. The first kappa shape index (κ1) is 14.8. The molecule has 4 nitrogen and oxygen atoms in total. The van der Waals surface area contributed by atoms with Crippen LogP contribution in [0.15, 0.2) is 18.2 Å². The molecule has 1 rings (SSSR count). The maximum absolute atomic E-state index is 11.8. The molecule has 1 aromatic carbocycles. The first-order valence-electron chi connectivity index (χ1n) is 6.07. The van der Waals surface area contributed by atoms with E-state index in [1.54, 1.807) is 18.2 Å². The zero-order valence-corrected chi connectivity index (χ0v) is 11.5. The van der Waals surface area contributed by atoms with Gasteiger partial charge in [-0.1, -0.05) is 24.9 Å². The van der Waals surface area contributed by atoms with Gasteiger partial charge >= 0.3 is 0 Å². The van der Waals surface area contributed by atoms with E-state index in [2.05, 4.69) is 5.32 Å². The average molecular weight is 271 g/mol. The van der Waals surface area contributed by atoms with Gasteiger partial charge in [0.1, 0.15) is 5.75 Å². The number of halogens is 1. The summed E-state index contributed by atoms with van der Waals surface area (Å²) in [5, 5.41) is 3.32. The van der Waals surface area contributed by atoms with Crippen LogP contribution in [0.25, 0.3) is 0 Å². The Balaban J connectivity index is 2.80. The molecule has 3 N–H and O–H groups in total. The van der Waals surface area contributed by atoms with Crippen molar-refractivity contribution in [3.05, 3.63) is 23.2 Å². The predicted molar refractivity (Wildman–Crippen MR) is 74.1 cm³/mol. The van der Waals surface area contributed by atoms with Crippen molar-refractivity contribution in [3.63, 3.8) is 0 Å². The molecule has 1 amide bonds. The van der Waals surface area contributed by atoms with E-state index in [4.69, 9.17) is 22.1 Å². The molecule has 1 aromatic rings. The molecule has 0 saturated carbocycles. The van der Waals surface area contributed by atoms with Gasteiger partial charge < -0.3 is 15.8 Å². The average Bonchev–Trinajstić information content (AvgIpc) is 2.33. The summed E-state index contributed by atoms with van der Waals surface area (Å²) in [6.45, 7) is 4.36. The van der Waals surface area contributed by atoms with Crippen molar-refractivity contribution in [2.45, 2.75) is 32.7 Å². The number of hydrogen-bond acceptors (Lipinski definition) is 3. The number of carbonyl (C=O) groups is 1. The van der Waals surface area contributed by atoms with Crippen LogP contribution in [-0.4, -0.2) is 18.6 Å². The van der Waals surface area contributed by atoms with E-state index in [1.165, 1.54) is 0 Å². The maximum atomic E-state index is 11.8. The smallest absolute Gasteiger partial charge is 0.241 e. The third-order valence-electron chi connectivity index (χ3n) is 2.44. The van der Waals surface area contributed by atoms with Gasteiger partial charge in [0.25, 0.3) is 0 Å². The van der Waals surface area contributed by atoms with Gasteiger partial charge in [-0.15, -0.1) is 0 Å². The highest BCUT2D eigenvalue weighted by atomic mass is 35.5. The Morgan fingerprint density at radius 1 is 1.50 bits per heavy atom. The fourth-order valence-electron chi connectivity index (χ4n) is 1.54. The predicted octanol–water partition coefficient (Wildman–Crippen LogP) is 2.80. The van der Waals surface area contributed by atoms with Crippen molar-refractivity contribution in [3.8, 4) is 5.75 Å². The van der Waals surface area contributed by atoms with Crippen molar-refractivity contribution in [2.75, 3.05) is 11.9 Å². The summed E-state index contributed by atoms with van der Waals surface area (Å²) in [7, 11) is 0. The molecule has 0 aliphatic rings. The number of ether oxygens (including phenoxy) is 1. The second-order valence-corrected chi connectivity index (χ2v) is 4.39. The molecule has 0 heterocycles. The molecule has 0 aliphatic heterocycles. The lowest BCUT2D eigenvalue weighted by atomic mass is 10.1. The van der Waals surface area contributed by atoms with Crippen molar-refractivity contribution >= 4 is 23.2 Å². The SMILES string of the molecule is CCCC(N)C(=O)Nc1ccc(Cl)cc1OCC. The molecule has 1 atom stereocenters. The van der Waals surface area contributed by atoms with Gasteiger partial charge in [0.15, 0.2) is 0 Å². The van der Waals surface area contributed by atoms with Gasteiger partial charge in [-0.05, 0) is 25.5 Å². The van der Waals surface area contributed by atoms with Gasteiger partial charge in [-0.25, -0.2) is 0 Å². The van der Waals surface area contributed by atoms with Crippen molar-refractivity contribution in [1.29, 1.82) is 0 Å². The summed E-state index contributed by atoms with van der Waals surface area (Å²) >= 11 is 5.88. The molecule has 0 aromatic heterocycles. The van der Waals surface area contributed by atoms with Crippen LogP contribution in [-0.2, 0) is 4.79 Å². The fraction of sp³-hybridized carbons (Fsp3) is 0.462. The Morgan fingerprint density at radius 3 is 2.83 bits per heavy atom. The van der Waals surface area contributed by atoms with E-state index in [-0.39, 0.29) is 5.91 Å². The Hall–Kier alpha value is -1.26. The fourth-order valence-corrected chi connectivity index (χ4v) is 1.70. The molecule has 0 aliphatic carbocycles. The van der Waals surface area contributed by atoms with E-state index in [1.807, 2.05) is 13.8 Å². The summed E-state index contributed by atoms with van der Waals surface area (Å²) in [6.07, 6.45) is 1.52. The Bertz CT molecular complexity index is 410. The van der Waals surface area contributed by atoms with Gasteiger partial charge in [-0.3, -0.25) is 4.79 Å². The first-order chi connectivity index (χ1) is 8.58. The summed E-state index contributed by atoms with van der Waals surface area (Å²) < 4.78 is 5.42. The van der Waals surface area contributed by atoms with E-state index < -0.39 is 6.04 Å². The molecule has 1 unspecified atom stereocenters. The minimum absolute atomic E-state index is 0.208. The van der Waals surface area contributed by atoms with E-state index in [0.717, 1.165) is 6.42 Å². The number of amides is 1. The molecule has 5 heteroatoms. The lowest BCUT2D eigenvalue weighted by molar-refractivity contribution is -0.117.